The molecule has 0 aliphatic carbocycles. The lowest BCUT2D eigenvalue weighted by molar-refractivity contribution is -0.0121. The molecule has 3 rings (SSSR count). The first kappa shape index (κ1) is 13.8. The lowest BCUT2D eigenvalue weighted by Gasteiger charge is -2.51. The summed E-state index contributed by atoms with van der Waals surface area (Å²) in [6.07, 6.45) is 10.9. The highest BCUT2D eigenvalue weighted by atomic mass is 15.3. The molecule has 0 spiro atoms. The molecule has 3 unspecified atom stereocenters. The molecule has 3 nitrogen and oxygen atoms in total. The summed E-state index contributed by atoms with van der Waals surface area (Å²) < 4.78 is 0. The molecule has 110 valence electrons. The Morgan fingerprint density at radius 1 is 1.00 bits per heavy atom. The van der Waals surface area contributed by atoms with Crippen molar-refractivity contribution in [3.63, 3.8) is 0 Å². The molecule has 0 saturated carbocycles. The van der Waals surface area contributed by atoms with Crippen molar-refractivity contribution in [3.8, 4) is 0 Å². The lowest BCUT2D eigenvalue weighted by Crippen LogP contribution is -2.60. The third-order valence-electron chi connectivity index (χ3n) is 5.55. The molecule has 0 aromatic heterocycles. The lowest BCUT2D eigenvalue weighted by atomic mass is 9.81. The second-order valence-corrected chi connectivity index (χ2v) is 7.13. The van der Waals surface area contributed by atoms with Gasteiger partial charge in [-0.25, -0.2) is 0 Å². The van der Waals surface area contributed by atoms with E-state index in [4.69, 9.17) is 5.73 Å². The summed E-state index contributed by atoms with van der Waals surface area (Å²) in [5.41, 5.74) is 6.23. The molecule has 0 radical (unpaired) electrons. The minimum atomic E-state index is 0.466. The van der Waals surface area contributed by atoms with Crippen LogP contribution in [-0.2, 0) is 0 Å². The van der Waals surface area contributed by atoms with E-state index in [0.29, 0.717) is 6.04 Å². The minimum Gasteiger partial charge on any atom is -0.328 e. The highest BCUT2D eigenvalue weighted by molar-refractivity contribution is 4.96. The molecule has 3 aliphatic heterocycles. The van der Waals surface area contributed by atoms with Gasteiger partial charge >= 0.3 is 0 Å². The molecule has 3 saturated heterocycles. The zero-order chi connectivity index (χ0) is 13.2. The van der Waals surface area contributed by atoms with Crippen molar-refractivity contribution in [3.05, 3.63) is 0 Å². The number of rotatable bonds is 3. The Morgan fingerprint density at radius 2 is 1.63 bits per heavy atom. The van der Waals surface area contributed by atoms with Crippen molar-refractivity contribution < 1.29 is 0 Å². The molecule has 3 aliphatic rings. The van der Waals surface area contributed by atoms with Gasteiger partial charge in [0.05, 0.1) is 0 Å². The van der Waals surface area contributed by atoms with Crippen LogP contribution in [-0.4, -0.2) is 53.6 Å². The Balaban J connectivity index is 1.60. The molecular formula is C16H31N3. The fraction of sp³-hybridized carbons (Fsp3) is 1.00. The maximum atomic E-state index is 6.23. The molecule has 0 aromatic carbocycles. The van der Waals surface area contributed by atoms with Gasteiger partial charge in [-0.05, 0) is 58.5 Å². The Bertz CT molecular complexity index is 274. The number of hydrogen-bond donors (Lipinski definition) is 1. The van der Waals surface area contributed by atoms with Gasteiger partial charge in [-0.15, -0.1) is 0 Å². The van der Waals surface area contributed by atoms with E-state index in [-0.39, 0.29) is 0 Å². The smallest absolute Gasteiger partial charge is 0.0200 e. The predicted molar refractivity (Wildman–Crippen MR) is 80.2 cm³/mol. The summed E-state index contributed by atoms with van der Waals surface area (Å²) in [7, 11) is 0. The Labute approximate surface area is 118 Å². The van der Waals surface area contributed by atoms with Crippen LogP contribution in [0.3, 0.4) is 0 Å². The quantitative estimate of drug-likeness (QED) is 0.849. The third kappa shape index (κ3) is 3.14. The maximum Gasteiger partial charge on any atom is 0.0200 e. The number of likely N-dealkylation sites (tertiary alicyclic amines) is 1. The number of nitrogens with two attached hydrogens (primary N) is 1. The highest BCUT2D eigenvalue weighted by Gasteiger charge is 2.39. The molecule has 3 fully saturated rings. The average Bonchev–Trinajstić information content (AvgIpc) is 2.38. The molecule has 3 heteroatoms. The van der Waals surface area contributed by atoms with Crippen LogP contribution in [0.2, 0.25) is 0 Å². The predicted octanol–water partition coefficient (Wildman–Crippen LogP) is 2.21. The van der Waals surface area contributed by atoms with Gasteiger partial charge in [0.1, 0.15) is 0 Å². The monoisotopic (exact) mass is 265 g/mol. The van der Waals surface area contributed by atoms with E-state index >= 15 is 0 Å². The van der Waals surface area contributed by atoms with E-state index in [1.807, 2.05) is 0 Å². The van der Waals surface area contributed by atoms with E-state index in [0.717, 1.165) is 18.1 Å². The zero-order valence-corrected chi connectivity index (χ0v) is 12.6. The van der Waals surface area contributed by atoms with E-state index < -0.39 is 0 Å². The Hall–Kier alpha value is -0.120. The van der Waals surface area contributed by atoms with Crippen LogP contribution >= 0.6 is 0 Å². The maximum absolute atomic E-state index is 6.23. The second kappa shape index (κ2) is 6.11. The van der Waals surface area contributed by atoms with Crippen molar-refractivity contribution in [2.45, 2.75) is 82.5 Å². The SMILES string of the molecule is CC(CN1CCCCC1)N1C2CCCC1CC(N)C2. The van der Waals surface area contributed by atoms with Gasteiger partial charge in [0.2, 0.25) is 0 Å². The van der Waals surface area contributed by atoms with Gasteiger partial charge in [-0.3, -0.25) is 4.90 Å². The number of hydrogen-bond acceptors (Lipinski definition) is 3. The molecule has 19 heavy (non-hydrogen) atoms. The van der Waals surface area contributed by atoms with Gasteiger partial charge in [0.15, 0.2) is 0 Å². The van der Waals surface area contributed by atoms with Crippen LogP contribution in [0.15, 0.2) is 0 Å². The summed E-state index contributed by atoms with van der Waals surface area (Å²) in [4.78, 5) is 5.54. The van der Waals surface area contributed by atoms with Crippen molar-refractivity contribution in [1.82, 2.24) is 9.80 Å². The molecule has 2 bridgehead atoms. The summed E-state index contributed by atoms with van der Waals surface area (Å²) in [5.74, 6) is 0. The van der Waals surface area contributed by atoms with Crippen molar-refractivity contribution in [2.75, 3.05) is 19.6 Å². The van der Waals surface area contributed by atoms with Crippen molar-refractivity contribution in [1.29, 1.82) is 0 Å². The van der Waals surface area contributed by atoms with Gasteiger partial charge in [0.25, 0.3) is 0 Å². The van der Waals surface area contributed by atoms with Gasteiger partial charge < -0.3 is 10.6 Å². The van der Waals surface area contributed by atoms with E-state index in [1.54, 1.807) is 0 Å². The van der Waals surface area contributed by atoms with Crippen molar-refractivity contribution in [2.24, 2.45) is 5.73 Å². The van der Waals surface area contributed by atoms with Crippen molar-refractivity contribution >= 4 is 0 Å². The standard InChI is InChI=1S/C16H31N3/c1-13(12-18-8-3-2-4-9-18)19-15-6-5-7-16(19)11-14(17)10-15/h13-16H,2-12,17H2,1H3. The van der Waals surface area contributed by atoms with Crippen LogP contribution in [0, 0.1) is 0 Å². The average molecular weight is 265 g/mol. The topological polar surface area (TPSA) is 32.5 Å². The first-order valence-electron chi connectivity index (χ1n) is 8.49. The van der Waals surface area contributed by atoms with Crippen LogP contribution in [0.1, 0.15) is 58.3 Å². The van der Waals surface area contributed by atoms with Crippen LogP contribution in [0.5, 0.6) is 0 Å². The summed E-state index contributed by atoms with van der Waals surface area (Å²) in [5, 5.41) is 0. The van der Waals surface area contributed by atoms with E-state index in [2.05, 4.69) is 16.7 Å². The van der Waals surface area contributed by atoms with Crippen LogP contribution < -0.4 is 5.73 Å². The fourth-order valence-corrected chi connectivity index (χ4v) is 4.79. The van der Waals surface area contributed by atoms with Crippen LogP contribution in [0.25, 0.3) is 0 Å². The first-order valence-corrected chi connectivity index (χ1v) is 8.49. The summed E-state index contributed by atoms with van der Waals surface area (Å²) in [6, 6.07) is 2.75. The Kier molecular flexibility index (Phi) is 4.45. The normalized spacial score (nSPS) is 39.2. The van der Waals surface area contributed by atoms with E-state index in [1.165, 1.54) is 71.0 Å². The molecular weight excluding hydrogens is 234 g/mol. The highest BCUT2D eigenvalue weighted by Crippen LogP contribution is 2.35. The van der Waals surface area contributed by atoms with Gasteiger partial charge in [-0.2, -0.15) is 0 Å². The largest absolute Gasteiger partial charge is 0.328 e. The third-order valence-corrected chi connectivity index (χ3v) is 5.55. The molecule has 0 amide bonds. The summed E-state index contributed by atoms with van der Waals surface area (Å²) >= 11 is 0. The Morgan fingerprint density at radius 3 is 2.26 bits per heavy atom. The summed E-state index contributed by atoms with van der Waals surface area (Å²) in [6.45, 7) is 6.39. The molecule has 3 atom stereocenters. The number of piperidine rings is 3. The first-order chi connectivity index (χ1) is 9.24. The number of nitrogens with zero attached hydrogens (tertiary/aromatic N) is 2. The van der Waals surface area contributed by atoms with Gasteiger partial charge in [-0.1, -0.05) is 12.8 Å². The number of fused-ring (bicyclic) bond motifs is 2. The zero-order valence-electron chi connectivity index (χ0n) is 12.6. The van der Waals surface area contributed by atoms with Crippen LogP contribution in [0.4, 0.5) is 0 Å². The fourth-order valence-electron chi connectivity index (χ4n) is 4.79. The molecule has 2 N–H and O–H groups in total. The second-order valence-electron chi connectivity index (χ2n) is 7.13. The minimum absolute atomic E-state index is 0.466. The molecule has 0 aromatic rings. The van der Waals surface area contributed by atoms with E-state index in [9.17, 15) is 0 Å². The van der Waals surface area contributed by atoms with Gasteiger partial charge in [0, 0.05) is 30.7 Å². The molecule has 3 heterocycles.